The van der Waals surface area contributed by atoms with Gasteiger partial charge in [-0.25, -0.2) is 14.1 Å². The van der Waals surface area contributed by atoms with E-state index in [-0.39, 0.29) is 37.0 Å². The lowest BCUT2D eigenvalue weighted by Gasteiger charge is -2.17. The van der Waals surface area contributed by atoms with Crippen molar-refractivity contribution in [3.63, 3.8) is 0 Å². The lowest BCUT2D eigenvalue weighted by atomic mass is 9.93. The third-order valence-electron chi connectivity index (χ3n) is 4.50. The number of hydrogen-bond acceptors (Lipinski definition) is 6. The summed E-state index contributed by atoms with van der Waals surface area (Å²) in [6.07, 6.45) is 0.596. The number of carbonyl (C=O) groups is 1. The van der Waals surface area contributed by atoms with Gasteiger partial charge in [0.05, 0.1) is 0 Å². The van der Waals surface area contributed by atoms with Crippen molar-refractivity contribution in [3.8, 4) is 5.75 Å². The van der Waals surface area contributed by atoms with E-state index in [2.05, 4.69) is 34.8 Å². The van der Waals surface area contributed by atoms with E-state index < -0.39 is 5.97 Å². The molecule has 8 nitrogen and oxygen atoms in total. The number of nitrogens with zero attached hydrogens (tertiary/aromatic N) is 3. The molecule has 1 aromatic heterocycles. The number of carboxylic acids is 1. The summed E-state index contributed by atoms with van der Waals surface area (Å²) < 4.78 is 19.9. The minimum absolute atomic E-state index is 0.0809. The fourth-order valence-corrected chi connectivity index (χ4v) is 3.05. The molecule has 2 heterocycles. The molecule has 140 valence electrons. The largest absolute Gasteiger partial charge is 0.486 e. The predicted octanol–water partition coefficient (Wildman–Crippen LogP) is 1.12. The van der Waals surface area contributed by atoms with Gasteiger partial charge < -0.3 is 9.84 Å². The minimum Gasteiger partial charge on any atom is -0.486 e. The van der Waals surface area contributed by atoms with Crippen molar-refractivity contribution in [2.45, 2.75) is 45.5 Å². The van der Waals surface area contributed by atoms with Crippen LogP contribution >= 0.6 is 0 Å². The quantitative estimate of drug-likeness (QED) is 0.678. The third kappa shape index (κ3) is 4.36. The molecule has 2 atom stereocenters. The van der Waals surface area contributed by atoms with Crippen molar-refractivity contribution in [1.29, 1.82) is 0 Å². The molecule has 1 aromatic carbocycles. The van der Waals surface area contributed by atoms with E-state index in [4.69, 9.17) is 9.84 Å². The van der Waals surface area contributed by atoms with Crippen LogP contribution in [0, 0.1) is 11.7 Å². The van der Waals surface area contributed by atoms with Crippen molar-refractivity contribution in [1.82, 2.24) is 25.6 Å². The topological polar surface area (TPSA) is 101 Å². The molecule has 1 fully saturated rings. The summed E-state index contributed by atoms with van der Waals surface area (Å²) in [7, 11) is 0. The number of aromatic nitrogens is 3. The summed E-state index contributed by atoms with van der Waals surface area (Å²) in [4.78, 5) is 15.6. The molecule has 26 heavy (non-hydrogen) atoms. The molecule has 9 heteroatoms. The number of hydrogen-bond donors (Lipinski definition) is 3. The second kappa shape index (κ2) is 7.79. The van der Waals surface area contributed by atoms with Gasteiger partial charge in [0.2, 0.25) is 0 Å². The Morgan fingerprint density at radius 1 is 1.27 bits per heavy atom. The molecular weight excluding hydrogens is 341 g/mol. The van der Waals surface area contributed by atoms with E-state index in [1.807, 2.05) is 0 Å². The molecule has 0 bridgehead atoms. The summed E-state index contributed by atoms with van der Waals surface area (Å²) in [6, 6.07) is 6.12. The van der Waals surface area contributed by atoms with Crippen LogP contribution in [0.4, 0.5) is 4.39 Å². The summed E-state index contributed by atoms with van der Waals surface area (Å²) in [5, 5.41) is 13.4. The standard InChI is InChI=1S/C17H22FN5O3/c1-10-14(11(2)21-20-10)7-16-19-15(22-23(16)8-17(24)25)9-26-13-5-3-12(18)4-6-13/h3-6,10-11,14,20-21H,7-9H2,1-2H3,(H,24,25). The molecule has 3 N–H and O–H groups in total. The Bertz CT molecular complexity index is 754. The van der Waals surface area contributed by atoms with Crippen molar-refractivity contribution in [2.24, 2.45) is 5.92 Å². The van der Waals surface area contributed by atoms with E-state index in [9.17, 15) is 9.18 Å². The fourth-order valence-electron chi connectivity index (χ4n) is 3.05. The Morgan fingerprint density at radius 2 is 1.92 bits per heavy atom. The lowest BCUT2D eigenvalue weighted by molar-refractivity contribution is -0.137. The molecule has 0 radical (unpaired) electrons. The van der Waals surface area contributed by atoms with Gasteiger partial charge in [0.25, 0.3) is 0 Å². The van der Waals surface area contributed by atoms with Crippen molar-refractivity contribution >= 4 is 5.97 Å². The van der Waals surface area contributed by atoms with Crippen LogP contribution < -0.4 is 15.6 Å². The zero-order valence-corrected chi connectivity index (χ0v) is 14.6. The zero-order valence-electron chi connectivity index (χ0n) is 14.6. The molecule has 2 aromatic rings. The molecule has 1 saturated heterocycles. The van der Waals surface area contributed by atoms with Crippen LogP contribution in [0.3, 0.4) is 0 Å². The number of aliphatic carboxylic acids is 1. The van der Waals surface area contributed by atoms with Crippen LogP contribution in [0.25, 0.3) is 0 Å². The smallest absolute Gasteiger partial charge is 0.325 e. The van der Waals surface area contributed by atoms with Gasteiger partial charge in [-0.05, 0) is 44.0 Å². The Balaban J connectivity index is 1.73. The van der Waals surface area contributed by atoms with E-state index in [1.54, 1.807) is 0 Å². The van der Waals surface area contributed by atoms with Crippen molar-refractivity contribution < 1.29 is 19.0 Å². The Kier molecular flexibility index (Phi) is 5.48. The van der Waals surface area contributed by atoms with Crippen molar-refractivity contribution in [2.75, 3.05) is 0 Å². The zero-order chi connectivity index (χ0) is 18.7. The van der Waals surface area contributed by atoms with Crippen LogP contribution in [0.5, 0.6) is 5.75 Å². The average molecular weight is 363 g/mol. The van der Waals surface area contributed by atoms with Gasteiger partial charge >= 0.3 is 5.97 Å². The summed E-state index contributed by atoms with van der Waals surface area (Å²) in [6.45, 7) is 3.96. The van der Waals surface area contributed by atoms with Crippen LogP contribution in [0.1, 0.15) is 25.5 Å². The number of nitrogens with one attached hydrogen (secondary N) is 2. The van der Waals surface area contributed by atoms with E-state index in [0.717, 1.165) is 0 Å². The van der Waals surface area contributed by atoms with Crippen LogP contribution in [-0.2, 0) is 24.4 Å². The van der Waals surface area contributed by atoms with Gasteiger partial charge in [-0.3, -0.25) is 15.6 Å². The maximum absolute atomic E-state index is 12.9. The summed E-state index contributed by atoms with van der Waals surface area (Å²) in [5.41, 5.74) is 6.36. The number of carboxylic acid groups (broad SMARTS) is 1. The van der Waals surface area contributed by atoms with Gasteiger partial charge in [-0.1, -0.05) is 0 Å². The van der Waals surface area contributed by atoms with Crippen LogP contribution in [-0.4, -0.2) is 37.9 Å². The Labute approximate surface area is 150 Å². The van der Waals surface area contributed by atoms with Gasteiger partial charge in [0.1, 0.15) is 30.5 Å². The molecule has 2 unspecified atom stereocenters. The van der Waals surface area contributed by atoms with Crippen LogP contribution in [0.15, 0.2) is 24.3 Å². The molecule has 3 rings (SSSR count). The van der Waals surface area contributed by atoms with Gasteiger partial charge in [-0.15, -0.1) is 0 Å². The maximum atomic E-state index is 12.9. The van der Waals surface area contributed by atoms with Gasteiger partial charge in [0, 0.05) is 18.5 Å². The van der Waals surface area contributed by atoms with Gasteiger partial charge in [0.15, 0.2) is 5.82 Å². The monoisotopic (exact) mass is 363 g/mol. The lowest BCUT2D eigenvalue weighted by Crippen LogP contribution is -2.30. The Hall–Kier alpha value is -2.52. The highest BCUT2D eigenvalue weighted by Gasteiger charge is 2.31. The fraction of sp³-hybridized carbons (Fsp3) is 0.471. The third-order valence-corrected chi connectivity index (χ3v) is 4.50. The summed E-state index contributed by atoms with van der Waals surface area (Å²) in [5.74, 6) is 0.437. The first kappa shape index (κ1) is 18.3. The van der Waals surface area contributed by atoms with Crippen molar-refractivity contribution in [3.05, 3.63) is 41.7 Å². The second-order valence-electron chi connectivity index (χ2n) is 6.47. The normalized spacial score (nSPS) is 22.5. The number of ether oxygens (including phenoxy) is 1. The highest BCUT2D eigenvalue weighted by Crippen LogP contribution is 2.20. The van der Waals surface area contributed by atoms with E-state index in [1.165, 1.54) is 28.9 Å². The van der Waals surface area contributed by atoms with Crippen LogP contribution in [0.2, 0.25) is 0 Å². The maximum Gasteiger partial charge on any atom is 0.325 e. The second-order valence-corrected chi connectivity index (χ2v) is 6.47. The predicted molar refractivity (Wildman–Crippen MR) is 90.8 cm³/mol. The SMILES string of the molecule is CC1NNC(C)C1Cc1nc(COc2ccc(F)cc2)nn1CC(=O)O. The highest BCUT2D eigenvalue weighted by atomic mass is 19.1. The van der Waals surface area contributed by atoms with Gasteiger partial charge in [-0.2, -0.15) is 5.10 Å². The van der Waals surface area contributed by atoms with E-state index >= 15 is 0 Å². The molecule has 1 aliphatic rings. The molecule has 1 aliphatic heterocycles. The molecule has 0 amide bonds. The minimum atomic E-state index is -0.981. The number of rotatable bonds is 7. The number of hydrazine groups is 1. The molecule has 0 aliphatic carbocycles. The number of halogens is 1. The first-order valence-electron chi connectivity index (χ1n) is 8.46. The average Bonchev–Trinajstić information content (AvgIpc) is 3.12. The highest BCUT2D eigenvalue weighted by molar-refractivity contribution is 5.66. The first-order chi connectivity index (χ1) is 12.4. The Morgan fingerprint density at radius 3 is 2.54 bits per heavy atom. The number of benzene rings is 1. The molecule has 0 saturated carbocycles. The van der Waals surface area contributed by atoms with E-state index in [0.29, 0.717) is 23.8 Å². The first-order valence-corrected chi connectivity index (χ1v) is 8.46. The molecule has 0 spiro atoms. The molecular formula is C17H22FN5O3. The summed E-state index contributed by atoms with van der Waals surface area (Å²) >= 11 is 0.